The van der Waals surface area contributed by atoms with Crippen LogP contribution in [-0.2, 0) is 0 Å². The van der Waals surface area contributed by atoms with Crippen LogP contribution in [0.15, 0.2) is 36.4 Å². The van der Waals surface area contributed by atoms with Gasteiger partial charge in [-0.1, -0.05) is 24.3 Å². The molecule has 0 spiro atoms. The predicted molar refractivity (Wildman–Crippen MR) is 94.6 cm³/mol. The van der Waals surface area contributed by atoms with Crippen molar-refractivity contribution in [3.8, 4) is 11.7 Å². The van der Waals surface area contributed by atoms with E-state index in [0.29, 0.717) is 23.0 Å². The number of ether oxygens (including phenoxy) is 1. The number of aromatic nitrogens is 4. The fraction of sp³-hybridized carbons (Fsp3) is 0.167. The number of nitrogens with zero attached hydrogens (tertiary/aromatic N) is 4. The highest BCUT2D eigenvalue weighted by molar-refractivity contribution is 6.07. The van der Waals surface area contributed by atoms with Crippen LogP contribution < -0.4 is 10.5 Å². The minimum Gasteiger partial charge on any atom is -0.481 e. The van der Waals surface area contributed by atoms with Gasteiger partial charge in [-0.2, -0.15) is 14.8 Å². The zero-order chi connectivity index (χ0) is 16.8. The summed E-state index contributed by atoms with van der Waals surface area (Å²) in [5.74, 6) is 1.17. The summed E-state index contributed by atoms with van der Waals surface area (Å²) < 4.78 is 6.93. The second-order valence-corrected chi connectivity index (χ2v) is 5.73. The molecule has 4 rings (SSSR count). The molecule has 24 heavy (non-hydrogen) atoms. The van der Waals surface area contributed by atoms with Crippen LogP contribution in [0.5, 0.6) is 5.88 Å². The van der Waals surface area contributed by atoms with Crippen molar-refractivity contribution in [2.24, 2.45) is 0 Å². The van der Waals surface area contributed by atoms with E-state index in [1.54, 1.807) is 17.9 Å². The van der Waals surface area contributed by atoms with Gasteiger partial charge in [0.2, 0.25) is 5.88 Å². The Labute approximate surface area is 138 Å². The largest absolute Gasteiger partial charge is 0.481 e. The number of rotatable bonds is 2. The molecule has 0 radical (unpaired) electrons. The molecular weight excluding hydrogens is 302 g/mol. The molecule has 0 amide bonds. The zero-order valence-electron chi connectivity index (χ0n) is 13.7. The van der Waals surface area contributed by atoms with Crippen LogP contribution in [0.4, 0.5) is 5.69 Å². The van der Waals surface area contributed by atoms with Crippen molar-refractivity contribution in [2.75, 3.05) is 12.8 Å². The summed E-state index contributed by atoms with van der Waals surface area (Å²) >= 11 is 0. The molecule has 6 heteroatoms. The lowest BCUT2D eigenvalue weighted by atomic mass is 10.1. The van der Waals surface area contributed by atoms with E-state index in [1.807, 2.05) is 44.2 Å². The first-order chi connectivity index (χ1) is 11.6. The lowest BCUT2D eigenvalue weighted by Crippen LogP contribution is -2.02. The van der Waals surface area contributed by atoms with E-state index in [2.05, 4.69) is 10.1 Å². The third kappa shape index (κ3) is 2.00. The second-order valence-electron chi connectivity index (χ2n) is 5.73. The number of pyridine rings is 2. The van der Waals surface area contributed by atoms with Gasteiger partial charge in [0.1, 0.15) is 0 Å². The average Bonchev–Trinajstić information content (AvgIpc) is 2.93. The topological polar surface area (TPSA) is 78.9 Å². The van der Waals surface area contributed by atoms with Gasteiger partial charge in [0.15, 0.2) is 11.5 Å². The first kappa shape index (κ1) is 14.4. The van der Waals surface area contributed by atoms with E-state index in [-0.39, 0.29) is 0 Å². The molecule has 6 nitrogen and oxygen atoms in total. The van der Waals surface area contributed by atoms with E-state index in [4.69, 9.17) is 15.5 Å². The quantitative estimate of drug-likeness (QED) is 0.614. The van der Waals surface area contributed by atoms with Crippen molar-refractivity contribution in [3.63, 3.8) is 0 Å². The number of methoxy groups -OCH3 is 1. The van der Waals surface area contributed by atoms with Crippen LogP contribution in [-0.4, -0.2) is 26.9 Å². The predicted octanol–water partition coefficient (Wildman–Crippen LogP) is 3.18. The Morgan fingerprint density at radius 3 is 2.62 bits per heavy atom. The molecule has 0 bridgehead atoms. The van der Waals surface area contributed by atoms with Crippen molar-refractivity contribution in [3.05, 3.63) is 47.7 Å². The monoisotopic (exact) mass is 319 g/mol. The fourth-order valence-corrected chi connectivity index (χ4v) is 2.99. The van der Waals surface area contributed by atoms with Gasteiger partial charge in [0.25, 0.3) is 0 Å². The van der Waals surface area contributed by atoms with Crippen LogP contribution in [0.25, 0.3) is 27.8 Å². The summed E-state index contributed by atoms with van der Waals surface area (Å²) in [4.78, 5) is 9.28. The molecule has 3 aromatic heterocycles. The lowest BCUT2D eigenvalue weighted by molar-refractivity contribution is 0.397. The molecule has 0 saturated carbocycles. The van der Waals surface area contributed by atoms with Crippen LogP contribution in [0, 0.1) is 13.8 Å². The number of fused-ring (bicyclic) bond motifs is 2. The molecular formula is C18H17N5O. The van der Waals surface area contributed by atoms with Gasteiger partial charge < -0.3 is 10.5 Å². The zero-order valence-corrected chi connectivity index (χ0v) is 13.7. The maximum Gasteiger partial charge on any atom is 0.214 e. The molecule has 2 N–H and O–H groups in total. The normalized spacial score (nSPS) is 11.3. The Morgan fingerprint density at radius 1 is 1.04 bits per heavy atom. The number of anilines is 1. The number of benzene rings is 1. The Bertz CT molecular complexity index is 1080. The highest BCUT2D eigenvalue weighted by atomic mass is 16.5. The van der Waals surface area contributed by atoms with Gasteiger partial charge in [0, 0.05) is 11.5 Å². The maximum atomic E-state index is 6.43. The number of hydrogen-bond donors (Lipinski definition) is 1. The van der Waals surface area contributed by atoms with Crippen LogP contribution >= 0.6 is 0 Å². The van der Waals surface area contributed by atoms with Gasteiger partial charge >= 0.3 is 0 Å². The van der Waals surface area contributed by atoms with Crippen molar-refractivity contribution < 1.29 is 4.74 Å². The maximum absolute atomic E-state index is 6.43. The van der Waals surface area contributed by atoms with E-state index in [9.17, 15) is 0 Å². The lowest BCUT2D eigenvalue weighted by Gasteiger charge is -2.08. The van der Waals surface area contributed by atoms with Gasteiger partial charge in [-0.3, -0.25) is 0 Å². The molecule has 1 aromatic carbocycles. The van der Waals surface area contributed by atoms with Crippen molar-refractivity contribution in [2.45, 2.75) is 13.8 Å². The highest BCUT2D eigenvalue weighted by Gasteiger charge is 2.17. The summed E-state index contributed by atoms with van der Waals surface area (Å²) in [7, 11) is 1.59. The van der Waals surface area contributed by atoms with Gasteiger partial charge in [0.05, 0.1) is 29.4 Å². The molecule has 3 heterocycles. The summed E-state index contributed by atoms with van der Waals surface area (Å²) in [6.07, 6.45) is 0. The third-order valence-electron chi connectivity index (χ3n) is 4.19. The van der Waals surface area contributed by atoms with Gasteiger partial charge in [-0.25, -0.2) is 4.98 Å². The van der Waals surface area contributed by atoms with E-state index < -0.39 is 0 Å². The second kappa shape index (κ2) is 5.19. The smallest absolute Gasteiger partial charge is 0.214 e. The summed E-state index contributed by atoms with van der Waals surface area (Å²) in [6, 6.07) is 11.5. The highest BCUT2D eigenvalue weighted by Crippen LogP contribution is 2.32. The summed E-state index contributed by atoms with van der Waals surface area (Å²) in [5, 5.41) is 6.41. The molecule has 0 unspecified atom stereocenters. The molecule has 0 atom stereocenters. The van der Waals surface area contributed by atoms with Crippen molar-refractivity contribution in [1.29, 1.82) is 0 Å². The van der Waals surface area contributed by atoms with Crippen LogP contribution in [0.2, 0.25) is 0 Å². The van der Waals surface area contributed by atoms with E-state index in [1.165, 1.54) is 0 Å². The molecule has 0 aliphatic heterocycles. The van der Waals surface area contributed by atoms with E-state index >= 15 is 0 Å². The number of aryl methyl sites for hydroxylation is 2. The van der Waals surface area contributed by atoms with Gasteiger partial charge in [-0.15, -0.1) is 0 Å². The number of nitrogen functional groups attached to an aromatic ring is 1. The Balaban J connectivity index is 2.11. The molecule has 120 valence electrons. The number of para-hydroxylation sites is 1. The summed E-state index contributed by atoms with van der Waals surface area (Å²) in [5.41, 5.74) is 10.6. The molecule has 0 aliphatic carbocycles. The standard InChI is InChI=1S/C18H17N5O/c1-10-6-4-7-12-16(19)15-11(2)22-23(18(15)21-17(10)12)13-8-5-9-14(20-13)24-3/h4-9H,1-3H3,(H2,19,21). The molecule has 0 fully saturated rings. The van der Waals surface area contributed by atoms with Crippen LogP contribution in [0.1, 0.15) is 11.3 Å². The molecule has 0 saturated heterocycles. The Hall–Kier alpha value is -3.15. The Kier molecular flexibility index (Phi) is 3.13. The van der Waals surface area contributed by atoms with Crippen molar-refractivity contribution in [1.82, 2.24) is 19.7 Å². The van der Waals surface area contributed by atoms with Gasteiger partial charge in [-0.05, 0) is 25.5 Å². The first-order valence-corrected chi connectivity index (χ1v) is 7.65. The molecule has 4 aromatic rings. The number of hydrogen-bond acceptors (Lipinski definition) is 5. The van der Waals surface area contributed by atoms with Crippen molar-refractivity contribution >= 4 is 27.6 Å². The average molecular weight is 319 g/mol. The minimum atomic E-state index is 0.527. The minimum absolute atomic E-state index is 0.527. The third-order valence-corrected chi connectivity index (χ3v) is 4.19. The van der Waals surface area contributed by atoms with E-state index in [0.717, 1.165) is 27.5 Å². The first-order valence-electron chi connectivity index (χ1n) is 7.65. The number of nitrogens with two attached hydrogens (primary N) is 1. The summed E-state index contributed by atoms with van der Waals surface area (Å²) in [6.45, 7) is 3.96. The van der Waals surface area contributed by atoms with Crippen LogP contribution in [0.3, 0.4) is 0 Å². The Morgan fingerprint density at radius 2 is 1.83 bits per heavy atom. The fourth-order valence-electron chi connectivity index (χ4n) is 2.99. The SMILES string of the molecule is COc1cccc(-n2nc(C)c3c(N)c4cccc(C)c4nc32)n1. The molecule has 0 aliphatic rings.